The summed E-state index contributed by atoms with van der Waals surface area (Å²) in [6, 6.07) is 0. The average Bonchev–Trinajstić information content (AvgIpc) is 3.12. The zero-order chi connectivity index (χ0) is 20.0. The Morgan fingerprint density at radius 2 is 0.963 bits per heavy atom. The molecule has 3 saturated carbocycles. The second-order valence-electron chi connectivity index (χ2n) is 7.96. The van der Waals surface area contributed by atoms with E-state index in [4.69, 9.17) is 0 Å². The van der Waals surface area contributed by atoms with Crippen LogP contribution in [0.4, 0.5) is 0 Å². The Bertz CT molecular complexity index is 643. The molecule has 0 aromatic carbocycles. The van der Waals surface area contributed by atoms with Crippen molar-refractivity contribution in [1.29, 1.82) is 0 Å². The Labute approximate surface area is 154 Å². The standard InChI is InChI=1S/C18H22O9/c19-14-12-6(8(15(20)21)4-10(12)17(24)25)2-1-3-7-9(16(22)23)5-11(13(7)14)18(26)27/h6-13H,1-5H2,(H,20,21)(H,22,23)(H,24,25)(H,26,27)/t6-,7-,8-,9-,10+,11+,12-,13-/m0/s1. The van der Waals surface area contributed by atoms with Crippen LogP contribution >= 0.6 is 0 Å². The molecular weight excluding hydrogens is 360 g/mol. The number of carbonyl (C=O) groups excluding carboxylic acids is 1. The molecule has 3 aliphatic carbocycles. The maximum absolute atomic E-state index is 13.3. The van der Waals surface area contributed by atoms with Gasteiger partial charge >= 0.3 is 23.9 Å². The fourth-order valence-corrected chi connectivity index (χ4v) is 5.76. The van der Waals surface area contributed by atoms with Crippen molar-refractivity contribution in [3.8, 4) is 0 Å². The summed E-state index contributed by atoms with van der Waals surface area (Å²) in [5.41, 5.74) is 0. The van der Waals surface area contributed by atoms with Crippen LogP contribution in [0.15, 0.2) is 0 Å². The Morgan fingerprint density at radius 1 is 0.630 bits per heavy atom. The summed E-state index contributed by atoms with van der Waals surface area (Å²) in [5, 5.41) is 38.0. The van der Waals surface area contributed by atoms with Crippen molar-refractivity contribution in [2.75, 3.05) is 0 Å². The van der Waals surface area contributed by atoms with Gasteiger partial charge in [0.25, 0.3) is 0 Å². The Hall–Kier alpha value is -2.45. The highest BCUT2D eigenvalue weighted by Crippen LogP contribution is 2.54. The summed E-state index contributed by atoms with van der Waals surface area (Å²) >= 11 is 0. The van der Waals surface area contributed by atoms with Crippen LogP contribution in [0.1, 0.15) is 32.1 Å². The quantitative estimate of drug-likeness (QED) is 0.550. The van der Waals surface area contributed by atoms with E-state index < -0.39 is 77.0 Å². The highest BCUT2D eigenvalue weighted by atomic mass is 16.4. The lowest BCUT2D eigenvalue weighted by Gasteiger charge is -2.33. The molecule has 8 atom stereocenters. The minimum atomic E-state index is -1.26. The number of ketones is 1. The SMILES string of the molecule is O=C1[C@H]2[C@@H](CCC[C@@H]3[C@H]1[C@H](C(=O)O)C[C@@H]3C(=O)O)[C@@H](C(=O)O)C[C@H]2C(=O)O. The first-order valence-corrected chi connectivity index (χ1v) is 9.10. The predicted molar refractivity (Wildman–Crippen MR) is 86.6 cm³/mol. The van der Waals surface area contributed by atoms with Crippen molar-refractivity contribution < 1.29 is 44.4 Å². The smallest absolute Gasteiger partial charge is 0.307 e. The molecule has 0 saturated heterocycles. The van der Waals surface area contributed by atoms with Gasteiger partial charge in [0.1, 0.15) is 5.78 Å². The van der Waals surface area contributed by atoms with Gasteiger partial charge in [-0.25, -0.2) is 0 Å². The lowest BCUT2D eigenvalue weighted by atomic mass is 9.68. The maximum atomic E-state index is 13.3. The minimum absolute atomic E-state index is 0.163. The molecule has 0 bridgehead atoms. The number of carboxylic acid groups (broad SMARTS) is 4. The Balaban J connectivity index is 2.03. The topological polar surface area (TPSA) is 166 Å². The van der Waals surface area contributed by atoms with Gasteiger partial charge in [-0.05, 0) is 37.5 Å². The second kappa shape index (κ2) is 6.94. The number of aliphatic carboxylic acids is 4. The van der Waals surface area contributed by atoms with E-state index in [1.165, 1.54) is 0 Å². The summed E-state index contributed by atoms with van der Waals surface area (Å²) in [5.74, 6) is -13.2. The highest BCUT2D eigenvalue weighted by Gasteiger charge is 2.60. The first-order valence-electron chi connectivity index (χ1n) is 9.10. The number of hydrogen-bond acceptors (Lipinski definition) is 5. The molecule has 3 rings (SSSR count). The number of fused-ring (bicyclic) bond motifs is 2. The third-order valence-corrected chi connectivity index (χ3v) is 6.84. The summed E-state index contributed by atoms with van der Waals surface area (Å²) < 4.78 is 0. The van der Waals surface area contributed by atoms with E-state index in [2.05, 4.69) is 0 Å². The fraction of sp³-hybridized carbons (Fsp3) is 0.722. The van der Waals surface area contributed by atoms with Crippen molar-refractivity contribution in [3.63, 3.8) is 0 Å². The molecule has 9 heteroatoms. The van der Waals surface area contributed by atoms with Gasteiger partial charge in [-0.3, -0.25) is 24.0 Å². The van der Waals surface area contributed by atoms with Gasteiger partial charge in [0.05, 0.1) is 23.7 Å². The Morgan fingerprint density at radius 3 is 1.26 bits per heavy atom. The van der Waals surface area contributed by atoms with Crippen LogP contribution < -0.4 is 0 Å². The molecule has 27 heavy (non-hydrogen) atoms. The van der Waals surface area contributed by atoms with Crippen molar-refractivity contribution >= 4 is 29.7 Å². The fourth-order valence-electron chi connectivity index (χ4n) is 5.76. The predicted octanol–water partition coefficient (Wildman–Crippen LogP) is 0.815. The van der Waals surface area contributed by atoms with E-state index in [9.17, 15) is 44.4 Å². The van der Waals surface area contributed by atoms with Crippen molar-refractivity contribution in [1.82, 2.24) is 0 Å². The molecule has 0 aromatic rings. The molecular formula is C18H22O9. The van der Waals surface area contributed by atoms with Crippen molar-refractivity contribution in [2.45, 2.75) is 32.1 Å². The van der Waals surface area contributed by atoms with Crippen LogP contribution in [0.2, 0.25) is 0 Å². The summed E-state index contributed by atoms with van der Waals surface area (Å²) in [7, 11) is 0. The van der Waals surface area contributed by atoms with E-state index in [0.717, 1.165) is 0 Å². The van der Waals surface area contributed by atoms with Gasteiger partial charge in [0, 0.05) is 11.8 Å². The zero-order valence-corrected chi connectivity index (χ0v) is 14.5. The molecule has 0 amide bonds. The van der Waals surface area contributed by atoms with E-state index in [1.807, 2.05) is 0 Å². The lowest BCUT2D eigenvalue weighted by Crippen LogP contribution is -2.42. The van der Waals surface area contributed by atoms with E-state index >= 15 is 0 Å². The van der Waals surface area contributed by atoms with Crippen molar-refractivity contribution in [3.05, 3.63) is 0 Å². The van der Waals surface area contributed by atoms with E-state index in [0.29, 0.717) is 19.3 Å². The van der Waals surface area contributed by atoms with Gasteiger partial charge in [-0.15, -0.1) is 0 Å². The van der Waals surface area contributed by atoms with Gasteiger partial charge < -0.3 is 20.4 Å². The van der Waals surface area contributed by atoms with Crippen LogP contribution in [0.25, 0.3) is 0 Å². The molecule has 0 heterocycles. The lowest BCUT2D eigenvalue weighted by molar-refractivity contribution is -0.152. The molecule has 0 aromatic heterocycles. The molecule has 0 spiro atoms. The third-order valence-electron chi connectivity index (χ3n) is 6.84. The number of carboxylic acids is 4. The summed E-state index contributed by atoms with van der Waals surface area (Å²) in [6.45, 7) is 0. The van der Waals surface area contributed by atoms with Crippen LogP contribution in [0, 0.1) is 47.3 Å². The molecule has 0 aliphatic heterocycles. The number of rotatable bonds is 4. The first kappa shape index (κ1) is 19.3. The van der Waals surface area contributed by atoms with Gasteiger partial charge in [-0.2, -0.15) is 0 Å². The number of Topliss-reactive ketones (excluding diaryl/α,β-unsaturated/α-hetero) is 1. The number of carbonyl (C=O) groups is 5. The molecule has 0 unspecified atom stereocenters. The highest BCUT2D eigenvalue weighted by molar-refractivity contribution is 5.94. The first-order chi connectivity index (χ1) is 12.6. The monoisotopic (exact) mass is 382 g/mol. The molecule has 4 N–H and O–H groups in total. The molecule has 148 valence electrons. The molecule has 3 aliphatic rings. The summed E-state index contributed by atoms with van der Waals surface area (Å²) in [4.78, 5) is 59.9. The summed E-state index contributed by atoms with van der Waals surface area (Å²) in [6.07, 6.45) is 0.767. The van der Waals surface area contributed by atoms with Gasteiger partial charge in [-0.1, -0.05) is 6.42 Å². The van der Waals surface area contributed by atoms with Crippen LogP contribution in [0.5, 0.6) is 0 Å². The maximum Gasteiger partial charge on any atom is 0.307 e. The molecule has 3 fully saturated rings. The van der Waals surface area contributed by atoms with Crippen LogP contribution in [0.3, 0.4) is 0 Å². The molecule has 9 nitrogen and oxygen atoms in total. The van der Waals surface area contributed by atoms with Crippen LogP contribution in [-0.4, -0.2) is 50.1 Å². The second-order valence-corrected chi connectivity index (χ2v) is 7.96. The van der Waals surface area contributed by atoms with E-state index in [-0.39, 0.29) is 12.8 Å². The average molecular weight is 382 g/mol. The van der Waals surface area contributed by atoms with Gasteiger partial charge in [0.2, 0.25) is 0 Å². The van der Waals surface area contributed by atoms with Crippen molar-refractivity contribution in [2.24, 2.45) is 47.3 Å². The third kappa shape index (κ3) is 3.08. The minimum Gasteiger partial charge on any atom is -0.481 e. The number of hydrogen-bond donors (Lipinski definition) is 4. The Kier molecular flexibility index (Phi) is 4.96. The molecule has 0 radical (unpaired) electrons. The van der Waals surface area contributed by atoms with Crippen LogP contribution in [-0.2, 0) is 24.0 Å². The van der Waals surface area contributed by atoms with E-state index in [1.54, 1.807) is 0 Å². The normalized spacial score (nSPS) is 41.1. The largest absolute Gasteiger partial charge is 0.481 e. The zero-order valence-electron chi connectivity index (χ0n) is 14.5. The van der Waals surface area contributed by atoms with Gasteiger partial charge in [0.15, 0.2) is 0 Å².